The first-order valence-corrected chi connectivity index (χ1v) is 4.73. The van der Waals surface area contributed by atoms with Crippen LogP contribution in [0.15, 0.2) is 11.1 Å². The molecule has 0 aromatic heterocycles. The van der Waals surface area contributed by atoms with Crippen LogP contribution in [-0.4, -0.2) is 0 Å². The summed E-state index contributed by atoms with van der Waals surface area (Å²) < 4.78 is 0. The van der Waals surface area contributed by atoms with Gasteiger partial charge in [-0.2, -0.15) is 0 Å². The Hall–Kier alpha value is -0.260. The second-order valence-corrected chi connectivity index (χ2v) is 4.42. The Balaban J connectivity index is 2.59. The molecule has 1 aliphatic rings. The Bertz CT molecular complexity index is 172. The normalized spacial score (nSPS) is 28.1. The standard InChI is InChI=1S/C11H20/c1-7(2)9(5)11-6-10(11)8(3)4/h7-8,10H,6H2,1-5H3. The monoisotopic (exact) mass is 152 g/mol. The quantitative estimate of drug-likeness (QED) is 0.530. The van der Waals surface area contributed by atoms with Gasteiger partial charge in [0.05, 0.1) is 0 Å². The summed E-state index contributed by atoms with van der Waals surface area (Å²) in [6.45, 7) is 11.5. The minimum atomic E-state index is 0.758. The molecule has 0 aliphatic heterocycles. The molecule has 0 saturated heterocycles. The third kappa shape index (κ3) is 1.85. The number of hydrogen-bond acceptors (Lipinski definition) is 0. The van der Waals surface area contributed by atoms with Crippen molar-refractivity contribution in [2.45, 2.75) is 41.0 Å². The average Bonchev–Trinajstić information content (AvgIpc) is 2.63. The molecule has 0 N–H and O–H groups in total. The summed E-state index contributed by atoms with van der Waals surface area (Å²) in [7, 11) is 0. The number of rotatable bonds is 2. The first kappa shape index (κ1) is 8.83. The first-order chi connectivity index (χ1) is 5.04. The van der Waals surface area contributed by atoms with Gasteiger partial charge in [0.25, 0.3) is 0 Å². The van der Waals surface area contributed by atoms with Crippen LogP contribution < -0.4 is 0 Å². The van der Waals surface area contributed by atoms with E-state index >= 15 is 0 Å². The van der Waals surface area contributed by atoms with E-state index in [1.54, 1.807) is 11.1 Å². The minimum absolute atomic E-state index is 0.758. The van der Waals surface area contributed by atoms with Crippen LogP contribution >= 0.6 is 0 Å². The van der Waals surface area contributed by atoms with E-state index in [4.69, 9.17) is 0 Å². The SMILES string of the molecule is CC(=C1CC1C(C)C)C(C)C. The van der Waals surface area contributed by atoms with Gasteiger partial charge in [-0.25, -0.2) is 0 Å². The van der Waals surface area contributed by atoms with Gasteiger partial charge < -0.3 is 0 Å². The van der Waals surface area contributed by atoms with Crippen molar-refractivity contribution >= 4 is 0 Å². The van der Waals surface area contributed by atoms with Crippen LogP contribution in [0.5, 0.6) is 0 Å². The molecular formula is C11H20. The zero-order chi connectivity index (χ0) is 8.59. The van der Waals surface area contributed by atoms with E-state index in [1.165, 1.54) is 6.42 Å². The Morgan fingerprint density at radius 2 is 1.82 bits per heavy atom. The second-order valence-electron chi connectivity index (χ2n) is 4.42. The highest BCUT2D eigenvalue weighted by Crippen LogP contribution is 2.46. The van der Waals surface area contributed by atoms with Gasteiger partial charge >= 0.3 is 0 Å². The van der Waals surface area contributed by atoms with Crippen molar-refractivity contribution in [3.63, 3.8) is 0 Å². The maximum absolute atomic E-state index is 2.32. The predicted molar refractivity (Wildman–Crippen MR) is 50.5 cm³/mol. The maximum Gasteiger partial charge on any atom is -0.0140 e. The molecule has 0 heterocycles. The van der Waals surface area contributed by atoms with Crippen molar-refractivity contribution in [3.8, 4) is 0 Å². The molecule has 1 unspecified atom stereocenters. The van der Waals surface area contributed by atoms with E-state index in [0.29, 0.717) is 0 Å². The summed E-state index contributed by atoms with van der Waals surface area (Å²) in [4.78, 5) is 0. The van der Waals surface area contributed by atoms with E-state index in [2.05, 4.69) is 34.6 Å². The van der Waals surface area contributed by atoms with Gasteiger partial charge in [-0.3, -0.25) is 0 Å². The highest BCUT2D eigenvalue weighted by molar-refractivity contribution is 5.30. The van der Waals surface area contributed by atoms with Gasteiger partial charge in [-0.15, -0.1) is 0 Å². The molecule has 0 nitrogen and oxygen atoms in total. The van der Waals surface area contributed by atoms with Gasteiger partial charge in [0.15, 0.2) is 0 Å². The lowest BCUT2D eigenvalue weighted by Crippen LogP contribution is -1.92. The predicted octanol–water partition coefficient (Wildman–Crippen LogP) is 3.63. The summed E-state index contributed by atoms with van der Waals surface area (Å²) in [6.07, 6.45) is 1.38. The van der Waals surface area contributed by atoms with Crippen LogP contribution in [0.25, 0.3) is 0 Å². The zero-order valence-corrected chi connectivity index (χ0v) is 8.44. The van der Waals surface area contributed by atoms with Gasteiger partial charge in [0.2, 0.25) is 0 Å². The molecule has 1 fully saturated rings. The van der Waals surface area contributed by atoms with E-state index < -0.39 is 0 Å². The van der Waals surface area contributed by atoms with Gasteiger partial charge in [0, 0.05) is 0 Å². The number of hydrogen-bond donors (Lipinski definition) is 0. The van der Waals surface area contributed by atoms with E-state index in [9.17, 15) is 0 Å². The molecule has 0 bridgehead atoms. The fourth-order valence-electron chi connectivity index (χ4n) is 1.64. The largest absolute Gasteiger partial charge is 0.0712 e. The lowest BCUT2D eigenvalue weighted by molar-refractivity contribution is 0.577. The van der Waals surface area contributed by atoms with E-state index in [1.807, 2.05) is 0 Å². The molecule has 0 radical (unpaired) electrons. The Kier molecular flexibility index (Phi) is 2.41. The van der Waals surface area contributed by atoms with Crippen molar-refractivity contribution in [1.82, 2.24) is 0 Å². The van der Waals surface area contributed by atoms with Gasteiger partial charge in [-0.1, -0.05) is 38.8 Å². The number of allylic oxidation sites excluding steroid dienone is 2. The topological polar surface area (TPSA) is 0 Å². The second kappa shape index (κ2) is 3.00. The summed E-state index contributed by atoms with van der Waals surface area (Å²) in [6, 6.07) is 0. The average molecular weight is 152 g/mol. The summed E-state index contributed by atoms with van der Waals surface area (Å²) in [5, 5.41) is 0. The van der Waals surface area contributed by atoms with Gasteiger partial charge in [0.1, 0.15) is 0 Å². The molecule has 1 aliphatic carbocycles. The lowest BCUT2D eigenvalue weighted by Gasteiger charge is -2.05. The van der Waals surface area contributed by atoms with Crippen molar-refractivity contribution in [2.75, 3.05) is 0 Å². The molecule has 1 atom stereocenters. The highest BCUT2D eigenvalue weighted by atomic mass is 14.4. The van der Waals surface area contributed by atoms with Crippen molar-refractivity contribution in [1.29, 1.82) is 0 Å². The molecule has 1 rings (SSSR count). The molecule has 11 heavy (non-hydrogen) atoms. The van der Waals surface area contributed by atoms with Crippen LogP contribution in [0.1, 0.15) is 41.0 Å². The van der Waals surface area contributed by atoms with E-state index in [-0.39, 0.29) is 0 Å². The van der Waals surface area contributed by atoms with Gasteiger partial charge in [-0.05, 0) is 31.1 Å². The fourth-order valence-corrected chi connectivity index (χ4v) is 1.64. The Morgan fingerprint density at radius 3 is 2.09 bits per heavy atom. The Morgan fingerprint density at radius 1 is 1.27 bits per heavy atom. The Labute approximate surface area is 70.7 Å². The lowest BCUT2D eigenvalue weighted by atomic mass is 10.0. The van der Waals surface area contributed by atoms with Crippen LogP contribution in [-0.2, 0) is 0 Å². The minimum Gasteiger partial charge on any atom is -0.0712 e. The third-order valence-corrected chi connectivity index (χ3v) is 2.90. The van der Waals surface area contributed by atoms with Crippen LogP contribution in [0.2, 0.25) is 0 Å². The molecule has 0 aromatic carbocycles. The molecular weight excluding hydrogens is 132 g/mol. The summed E-state index contributed by atoms with van der Waals surface area (Å²) >= 11 is 0. The molecule has 0 spiro atoms. The first-order valence-electron chi connectivity index (χ1n) is 4.73. The van der Waals surface area contributed by atoms with Crippen molar-refractivity contribution in [2.24, 2.45) is 17.8 Å². The third-order valence-electron chi connectivity index (χ3n) is 2.90. The fraction of sp³-hybridized carbons (Fsp3) is 0.818. The maximum atomic E-state index is 2.32. The van der Waals surface area contributed by atoms with Crippen LogP contribution in [0, 0.1) is 17.8 Å². The summed E-state index contributed by atoms with van der Waals surface area (Å²) in [5.74, 6) is 2.55. The van der Waals surface area contributed by atoms with Crippen molar-refractivity contribution in [3.05, 3.63) is 11.1 Å². The summed E-state index contributed by atoms with van der Waals surface area (Å²) in [5.41, 5.74) is 3.39. The van der Waals surface area contributed by atoms with Crippen LogP contribution in [0.4, 0.5) is 0 Å². The zero-order valence-electron chi connectivity index (χ0n) is 8.44. The van der Waals surface area contributed by atoms with E-state index in [0.717, 1.165) is 17.8 Å². The molecule has 0 heteroatoms. The molecule has 0 amide bonds. The van der Waals surface area contributed by atoms with Crippen LogP contribution in [0.3, 0.4) is 0 Å². The molecule has 64 valence electrons. The molecule has 0 aromatic rings. The molecule has 1 saturated carbocycles. The highest BCUT2D eigenvalue weighted by Gasteiger charge is 2.34. The smallest absolute Gasteiger partial charge is 0.0140 e. The van der Waals surface area contributed by atoms with Crippen molar-refractivity contribution < 1.29 is 0 Å².